The molecule has 5 nitrogen and oxygen atoms in total. The van der Waals surface area contributed by atoms with Crippen molar-refractivity contribution in [2.24, 2.45) is 0 Å². The van der Waals surface area contributed by atoms with Crippen molar-refractivity contribution in [1.29, 1.82) is 0 Å². The maximum absolute atomic E-state index is 13.0. The molecule has 1 heterocycles. The van der Waals surface area contributed by atoms with Crippen LogP contribution in [-0.2, 0) is 4.79 Å². The van der Waals surface area contributed by atoms with Crippen LogP contribution in [-0.4, -0.2) is 11.8 Å². The SMILES string of the molecule is CC(=O)Nc1cc(NC(=O)c2ccc(-c3ccc(F)cc3)o2)ccc1Cl. The lowest BCUT2D eigenvalue weighted by Gasteiger charge is -2.08. The van der Waals surface area contributed by atoms with Gasteiger partial charge in [-0.1, -0.05) is 11.6 Å². The minimum atomic E-state index is -0.463. The standard InChI is InChI=1S/C19H14ClFN2O3/c1-11(24)22-16-10-14(6-7-15(16)20)23-19(25)18-9-8-17(26-18)12-2-4-13(21)5-3-12/h2-10H,1H3,(H,22,24)(H,23,25). The van der Waals surface area contributed by atoms with E-state index in [4.69, 9.17) is 16.0 Å². The predicted octanol–water partition coefficient (Wildman–Crippen LogP) is 4.95. The van der Waals surface area contributed by atoms with Gasteiger partial charge in [-0.15, -0.1) is 0 Å². The molecule has 1 aromatic heterocycles. The maximum atomic E-state index is 13.0. The van der Waals surface area contributed by atoms with Crippen LogP contribution in [0.15, 0.2) is 59.0 Å². The van der Waals surface area contributed by atoms with Gasteiger partial charge in [-0.25, -0.2) is 4.39 Å². The van der Waals surface area contributed by atoms with Gasteiger partial charge >= 0.3 is 0 Å². The van der Waals surface area contributed by atoms with Crippen molar-refractivity contribution in [3.8, 4) is 11.3 Å². The smallest absolute Gasteiger partial charge is 0.291 e. The van der Waals surface area contributed by atoms with Gasteiger partial charge in [0.25, 0.3) is 5.91 Å². The second-order valence-electron chi connectivity index (χ2n) is 5.50. The van der Waals surface area contributed by atoms with Gasteiger partial charge in [0.1, 0.15) is 11.6 Å². The Balaban J connectivity index is 1.76. The molecule has 2 amide bonds. The molecule has 0 saturated carbocycles. The fraction of sp³-hybridized carbons (Fsp3) is 0.0526. The first-order valence-electron chi connectivity index (χ1n) is 7.66. The van der Waals surface area contributed by atoms with Crippen LogP contribution in [0.1, 0.15) is 17.5 Å². The summed E-state index contributed by atoms with van der Waals surface area (Å²) in [6.45, 7) is 1.36. The van der Waals surface area contributed by atoms with Crippen molar-refractivity contribution in [3.63, 3.8) is 0 Å². The number of benzene rings is 2. The minimum Gasteiger partial charge on any atom is -0.451 e. The highest BCUT2D eigenvalue weighted by molar-refractivity contribution is 6.33. The molecule has 0 aliphatic heterocycles. The summed E-state index contributed by atoms with van der Waals surface area (Å²) in [4.78, 5) is 23.5. The van der Waals surface area contributed by atoms with Gasteiger partial charge in [-0.2, -0.15) is 0 Å². The normalized spacial score (nSPS) is 10.4. The molecule has 0 bridgehead atoms. The van der Waals surface area contributed by atoms with E-state index in [-0.39, 0.29) is 17.5 Å². The van der Waals surface area contributed by atoms with E-state index in [1.807, 2.05) is 0 Å². The largest absolute Gasteiger partial charge is 0.451 e. The third kappa shape index (κ3) is 4.10. The summed E-state index contributed by atoms with van der Waals surface area (Å²) in [7, 11) is 0. The molecule has 26 heavy (non-hydrogen) atoms. The fourth-order valence-corrected chi connectivity index (χ4v) is 2.48. The van der Waals surface area contributed by atoms with Crippen LogP contribution in [0.2, 0.25) is 5.02 Å². The van der Waals surface area contributed by atoms with E-state index in [1.54, 1.807) is 36.4 Å². The molecule has 0 atom stereocenters. The van der Waals surface area contributed by atoms with Gasteiger partial charge in [-0.3, -0.25) is 9.59 Å². The van der Waals surface area contributed by atoms with E-state index < -0.39 is 5.91 Å². The maximum Gasteiger partial charge on any atom is 0.291 e. The van der Waals surface area contributed by atoms with E-state index in [0.29, 0.717) is 27.7 Å². The first kappa shape index (κ1) is 17.7. The number of amides is 2. The summed E-state index contributed by atoms with van der Waals surface area (Å²) in [6, 6.07) is 13.6. The Morgan fingerprint density at radius 3 is 2.42 bits per heavy atom. The molecule has 0 aliphatic rings. The molecule has 0 saturated heterocycles. The zero-order valence-electron chi connectivity index (χ0n) is 13.7. The molecule has 0 spiro atoms. The van der Waals surface area contributed by atoms with Crippen LogP contribution in [0.25, 0.3) is 11.3 Å². The number of furan rings is 1. The average Bonchev–Trinajstić information content (AvgIpc) is 3.08. The minimum absolute atomic E-state index is 0.0975. The molecular formula is C19H14ClFN2O3. The van der Waals surface area contributed by atoms with Gasteiger partial charge in [0, 0.05) is 18.2 Å². The molecule has 0 radical (unpaired) electrons. The highest BCUT2D eigenvalue weighted by Crippen LogP contribution is 2.27. The fourth-order valence-electron chi connectivity index (χ4n) is 2.31. The number of carbonyl (C=O) groups is 2. The van der Waals surface area contributed by atoms with Crippen LogP contribution < -0.4 is 10.6 Å². The number of anilines is 2. The lowest BCUT2D eigenvalue weighted by molar-refractivity contribution is -0.114. The Bertz CT molecular complexity index is 967. The second kappa shape index (κ2) is 7.41. The molecule has 0 unspecified atom stereocenters. The van der Waals surface area contributed by atoms with Crippen LogP contribution in [0.4, 0.5) is 15.8 Å². The van der Waals surface area contributed by atoms with E-state index in [2.05, 4.69) is 10.6 Å². The molecule has 132 valence electrons. The average molecular weight is 373 g/mol. The molecule has 2 N–H and O–H groups in total. The van der Waals surface area contributed by atoms with Crippen molar-refractivity contribution < 1.29 is 18.4 Å². The highest BCUT2D eigenvalue weighted by Gasteiger charge is 2.13. The number of rotatable bonds is 4. The van der Waals surface area contributed by atoms with Crippen molar-refractivity contribution in [2.45, 2.75) is 6.92 Å². The Kier molecular flexibility index (Phi) is 5.04. The van der Waals surface area contributed by atoms with Crippen LogP contribution in [0, 0.1) is 5.82 Å². The second-order valence-corrected chi connectivity index (χ2v) is 5.91. The monoisotopic (exact) mass is 372 g/mol. The molecule has 0 aliphatic carbocycles. The lowest BCUT2D eigenvalue weighted by Crippen LogP contribution is -2.12. The summed E-state index contributed by atoms with van der Waals surface area (Å²) in [5, 5.41) is 5.61. The highest BCUT2D eigenvalue weighted by atomic mass is 35.5. The van der Waals surface area contributed by atoms with Crippen LogP contribution in [0.5, 0.6) is 0 Å². The molecular weight excluding hydrogens is 359 g/mol. The van der Waals surface area contributed by atoms with Crippen LogP contribution in [0.3, 0.4) is 0 Å². The van der Waals surface area contributed by atoms with E-state index >= 15 is 0 Å². The first-order valence-corrected chi connectivity index (χ1v) is 8.04. The predicted molar refractivity (Wildman–Crippen MR) is 97.8 cm³/mol. The Hall–Kier alpha value is -3.12. The van der Waals surface area contributed by atoms with Gasteiger partial charge in [0.05, 0.1) is 10.7 Å². The van der Waals surface area contributed by atoms with Gasteiger partial charge in [0.2, 0.25) is 5.91 Å². The topological polar surface area (TPSA) is 71.3 Å². The van der Waals surface area contributed by atoms with Crippen molar-refractivity contribution in [1.82, 2.24) is 0 Å². The summed E-state index contributed by atoms with van der Waals surface area (Å²) < 4.78 is 18.5. The van der Waals surface area contributed by atoms with Crippen molar-refractivity contribution >= 4 is 34.8 Å². The number of carbonyl (C=O) groups excluding carboxylic acids is 2. The van der Waals surface area contributed by atoms with Gasteiger partial charge in [-0.05, 0) is 54.6 Å². The lowest BCUT2D eigenvalue weighted by atomic mass is 10.2. The molecule has 0 fully saturated rings. The summed E-state index contributed by atoms with van der Waals surface area (Å²) >= 11 is 6.00. The molecule has 2 aromatic carbocycles. The number of halogens is 2. The van der Waals surface area contributed by atoms with Crippen molar-refractivity contribution in [2.75, 3.05) is 10.6 Å². The number of hydrogen-bond donors (Lipinski definition) is 2. The molecule has 7 heteroatoms. The summed E-state index contributed by atoms with van der Waals surface area (Å²) in [5.74, 6) is -0.540. The van der Waals surface area contributed by atoms with Gasteiger partial charge in [0.15, 0.2) is 5.76 Å². The van der Waals surface area contributed by atoms with Crippen molar-refractivity contribution in [3.05, 3.63) is 71.2 Å². The Morgan fingerprint density at radius 1 is 1.00 bits per heavy atom. The van der Waals surface area contributed by atoms with E-state index in [1.165, 1.54) is 25.1 Å². The zero-order valence-corrected chi connectivity index (χ0v) is 14.4. The first-order chi connectivity index (χ1) is 12.4. The molecule has 3 rings (SSSR count). The number of nitrogens with one attached hydrogen (secondary N) is 2. The third-order valence-corrected chi connectivity index (χ3v) is 3.82. The summed E-state index contributed by atoms with van der Waals surface area (Å²) in [5.41, 5.74) is 1.50. The zero-order chi connectivity index (χ0) is 18.7. The Labute approximate surface area is 153 Å². The van der Waals surface area contributed by atoms with Crippen LogP contribution >= 0.6 is 11.6 Å². The summed E-state index contributed by atoms with van der Waals surface area (Å²) in [6.07, 6.45) is 0. The number of hydrogen-bond acceptors (Lipinski definition) is 3. The van der Waals surface area contributed by atoms with Gasteiger partial charge < -0.3 is 15.1 Å². The van der Waals surface area contributed by atoms with E-state index in [0.717, 1.165) is 0 Å². The Morgan fingerprint density at radius 2 is 1.73 bits per heavy atom. The third-order valence-electron chi connectivity index (χ3n) is 3.49. The van der Waals surface area contributed by atoms with E-state index in [9.17, 15) is 14.0 Å². The quantitative estimate of drug-likeness (QED) is 0.680. The molecule has 3 aromatic rings.